The van der Waals surface area contributed by atoms with Crippen LogP contribution >= 0.6 is 0 Å². The van der Waals surface area contributed by atoms with E-state index in [-0.39, 0.29) is 5.97 Å². The molecule has 0 aromatic heterocycles. The number of rotatable bonds is 13. The highest BCUT2D eigenvalue weighted by Gasteiger charge is 2.13. The smallest absolute Gasteiger partial charge is 0.343 e. The van der Waals surface area contributed by atoms with Gasteiger partial charge in [-0.1, -0.05) is 24.6 Å². The molecule has 0 amide bonds. The zero-order valence-corrected chi connectivity index (χ0v) is 22.2. The van der Waals surface area contributed by atoms with Crippen molar-refractivity contribution in [1.29, 1.82) is 0 Å². The summed E-state index contributed by atoms with van der Waals surface area (Å²) in [6.07, 6.45) is 4.10. The van der Waals surface area contributed by atoms with Gasteiger partial charge in [0.15, 0.2) is 0 Å². The van der Waals surface area contributed by atoms with Crippen molar-refractivity contribution in [3.63, 3.8) is 0 Å². The van der Waals surface area contributed by atoms with Gasteiger partial charge in [-0.3, -0.25) is 4.79 Å². The van der Waals surface area contributed by atoms with Gasteiger partial charge in [-0.15, -0.1) is 0 Å². The van der Waals surface area contributed by atoms with Crippen molar-refractivity contribution < 1.29 is 33.3 Å². The lowest BCUT2D eigenvalue weighted by molar-refractivity contribution is -0.143. The fourth-order valence-electron chi connectivity index (χ4n) is 3.62. The summed E-state index contributed by atoms with van der Waals surface area (Å²) >= 11 is 0. The molecule has 7 heteroatoms. The van der Waals surface area contributed by atoms with E-state index < -0.39 is 11.9 Å². The van der Waals surface area contributed by atoms with Crippen molar-refractivity contribution in [1.82, 2.24) is 0 Å². The Kier molecular flexibility index (Phi) is 10.9. The molecule has 0 saturated carbocycles. The molecule has 3 aromatic rings. The molecule has 0 unspecified atom stereocenters. The highest BCUT2D eigenvalue weighted by atomic mass is 16.5. The van der Waals surface area contributed by atoms with Gasteiger partial charge in [0, 0.05) is 6.42 Å². The van der Waals surface area contributed by atoms with Crippen molar-refractivity contribution in [2.75, 3.05) is 13.2 Å². The van der Waals surface area contributed by atoms with E-state index in [2.05, 4.69) is 0 Å². The minimum absolute atomic E-state index is 0.162. The Morgan fingerprint density at radius 2 is 1.24 bits per heavy atom. The van der Waals surface area contributed by atoms with Crippen molar-refractivity contribution >= 4 is 17.9 Å². The molecule has 0 aliphatic heterocycles. The van der Waals surface area contributed by atoms with Crippen LogP contribution in [0.5, 0.6) is 17.2 Å². The molecule has 38 heavy (non-hydrogen) atoms. The zero-order valence-electron chi connectivity index (χ0n) is 22.2. The van der Waals surface area contributed by atoms with Gasteiger partial charge < -0.3 is 18.9 Å². The van der Waals surface area contributed by atoms with Gasteiger partial charge in [0.1, 0.15) is 17.2 Å². The molecule has 0 atom stereocenters. The minimum atomic E-state index is -0.508. The van der Waals surface area contributed by atoms with E-state index in [0.717, 1.165) is 36.8 Å². The summed E-state index contributed by atoms with van der Waals surface area (Å²) < 4.78 is 21.7. The summed E-state index contributed by atoms with van der Waals surface area (Å²) in [7, 11) is 0. The molecule has 0 radical (unpaired) electrons. The van der Waals surface area contributed by atoms with Crippen LogP contribution in [-0.2, 0) is 9.53 Å². The van der Waals surface area contributed by atoms with E-state index in [1.54, 1.807) is 61.5 Å². The Hall–Kier alpha value is -4.13. The average molecular weight is 519 g/mol. The fourth-order valence-corrected chi connectivity index (χ4v) is 3.62. The maximum absolute atomic E-state index is 12.5. The number of esters is 3. The van der Waals surface area contributed by atoms with Gasteiger partial charge in [0.25, 0.3) is 0 Å². The molecule has 0 spiro atoms. The lowest BCUT2D eigenvalue weighted by Gasteiger charge is -2.09. The molecule has 0 saturated heterocycles. The Balaban J connectivity index is 1.40. The number of benzene rings is 3. The van der Waals surface area contributed by atoms with Gasteiger partial charge in [-0.05, 0) is 99.7 Å². The van der Waals surface area contributed by atoms with E-state index in [1.165, 1.54) is 0 Å². The maximum atomic E-state index is 12.5. The molecular weight excluding hydrogens is 484 g/mol. The third kappa shape index (κ3) is 9.07. The molecule has 0 aliphatic carbocycles. The van der Waals surface area contributed by atoms with Crippen LogP contribution in [0.25, 0.3) is 0 Å². The van der Waals surface area contributed by atoms with Crippen LogP contribution in [0.15, 0.2) is 66.7 Å². The standard InChI is InChI=1S/C31H34O7/c1-4-29(32)36-20-8-6-5-7-19-35-26-14-10-24(11-15-26)30(33)37-27-16-12-25(13-17-27)31(34)38-28-18-9-22(2)21-23(28)3/h9-18,21H,4-8,19-20H2,1-3H3. The summed E-state index contributed by atoms with van der Waals surface area (Å²) in [6, 6.07) is 18.6. The number of carbonyl (C=O) groups excluding carboxylic acids is 3. The molecule has 0 bridgehead atoms. The molecule has 3 aromatic carbocycles. The average Bonchev–Trinajstić information content (AvgIpc) is 2.92. The first kappa shape index (κ1) is 28.4. The number of hydrogen-bond acceptors (Lipinski definition) is 7. The van der Waals surface area contributed by atoms with E-state index in [9.17, 15) is 14.4 Å². The van der Waals surface area contributed by atoms with Gasteiger partial charge in [-0.25, -0.2) is 9.59 Å². The van der Waals surface area contributed by atoms with E-state index in [1.807, 2.05) is 26.0 Å². The molecule has 3 rings (SSSR count). The highest BCUT2D eigenvalue weighted by Crippen LogP contribution is 2.21. The van der Waals surface area contributed by atoms with Crippen LogP contribution in [0.1, 0.15) is 70.9 Å². The Morgan fingerprint density at radius 1 is 0.658 bits per heavy atom. The molecule has 7 nitrogen and oxygen atoms in total. The number of hydrogen-bond donors (Lipinski definition) is 0. The molecule has 0 heterocycles. The molecule has 0 N–H and O–H groups in total. The second-order valence-electron chi connectivity index (χ2n) is 8.93. The second-order valence-corrected chi connectivity index (χ2v) is 8.93. The van der Waals surface area contributed by atoms with Gasteiger partial charge in [0.05, 0.1) is 24.3 Å². The summed E-state index contributed by atoms with van der Waals surface area (Å²) in [5.74, 6) is 0.349. The molecule has 0 fully saturated rings. The fraction of sp³-hybridized carbons (Fsp3) is 0.323. The third-order valence-electron chi connectivity index (χ3n) is 5.78. The SMILES string of the molecule is CCC(=O)OCCCCCCOc1ccc(C(=O)Oc2ccc(C(=O)Oc3ccc(C)cc3C)cc2)cc1. The first-order chi connectivity index (χ1) is 18.4. The van der Waals surface area contributed by atoms with E-state index >= 15 is 0 Å². The number of carbonyl (C=O) groups is 3. The Bertz CT molecular complexity index is 1210. The molecule has 0 aliphatic rings. The van der Waals surface area contributed by atoms with E-state index in [0.29, 0.717) is 48.0 Å². The monoisotopic (exact) mass is 518 g/mol. The first-order valence-corrected chi connectivity index (χ1v) is 12.9. The zero-order chi connectivity index (χ0) is 27.3. The van der Waals surface area contributed by atoms with Crippen LogP contribution in [0.4, 0.5) is 0 Å². The Labute approximate surface area is 223 Å². The van der Waals surface area contributed by atoms with Crippen molar-refractivity contribution in [2.45, 2.75) is 52.9 Å². The van der Waals surface area contributed by atoms with Gasteiger partial charge >= 0.3 is 17.9 Å². The third-order valence-corrected chi connectivity index (χ3v) is 5.78. The summed E-state index contributed by atoms with van der Waals surface area (Å²) in [6.45, 7) is 6.68. The van der Waals surface area contributed by atoms with Crippen molar-refractivity contribution in [2.24, 2.45) is 0 Å². The molecule has 200 valence electrons. The topological polar surface area (TPSA) is 88.1 Å². The number of aryl methyl sites for hydroxylation is 2. The van der Waals surface area contributed by atoms with Gasteiger partial charge in [-0.2, -0.15) is 0 Å². The number of unbranched alkanes of at least 4 members (excludes halogenated alkanes) is 3. The Morgan fingerprint density at radius 3 is 1.84 bits per heavy atom. The lowest BCUT2D eigenvalue weighted by atomic mass is 10.1. The van der Waals surface area contributed by atoms with Crippen LogP contribution in [0, 0.1) is 13.8 Å². The van der Waals surface area contributed by atoms with Crippen molar-refractivity contribution in [3.8, 4) is 17.2 Å². The van der Waals surface area contributed by atoms with Crippen LogP contribution in [-0.4, -0.2) is 31.1 Å². The molecular formula is C31H34O7. The van der Waals surface area contributed by atoms with Gasteiger partial charge in [0.2, 0.25) is 0 Å². The maximum Gasteiger partial charge on any atom is 0.343 e. The predicted octanol–water partition coefficient (Wildman–Crippen LogP) is 6.63. The first-order valence-electron chi connectivity index (χ1n) is 12.9. The normalized spacial score (nSPS) is 10.5. The highest BCUT2D eigenvalue weighted by molar-refractivity contribution is 5.92. The minimum Gasteiger partial charge on any atom is -0.494 e. The van der Waals surface area contributed by atoms with Crippen molar-refractivity contribution in [3.05, 3.63) is 89.0 Å². The summed E-state index contributed by atoms with van der Waals surface area (Å²) in [5, 5.41) is 0. The number of ether oxygens (including phenoxy) is 4. The van der Waals surface area contributed by atoms with Crippen LogP contribution in [0.3, 0.4) is 0 Å². The quantitative estimate of drug-likeness (QED) is 0.142. The second kappa shape index (κ2) is 14.6. The lowest BCUT2D eigenvalue weighted by Crippen LogP contribution is -2.10. The van der Waals surface area contributed by atoms with Crippen LogP contribution < -0.4 is 14.2 Å². The largest absolute Gasteiger partial charge is 0.494 e. The summed E-state index contributed by atoms with van der Waals surface area (Å²) in [4.78, 5) is 36.1. The predicted molar refractivity (Wildman–Crippen MR) is 144 cm³/mol. The summed E-state index contributed by atoms with van der Waals surface area (Å²) in [5.41, 5.74) is 2.71. The van der Waals surface area contributed by atoms with E-state index in [4.69, 9.17) is 18.9 Å². The van der Waals surface area contributed by atoms with Crippen LogP contribution in [0.2, 0.25) is 0 Å².